The van der Waals surface area contributed by atoms with Gasteiger partial charge in [-0.2, -0.15) is 0 Å². The normalized spacial score (nSPS) is 32.0. The van der Waals surface area contributed by atoms with Crippen molar-refractivity contribution in [3.8, 4) is 0 Å². The molecule has 3 heteroatoms. The van der Waals surface area contributed by atoms with Gasteiger partial charge < -0.3 is 5.32 Å². The monoisotopic (exact) mass is 292 g/mol. The molecule has 20 heavy (non-hydrogen) atoms. The molecule has 0 aliphatic carbocycles. The predicted octanol–water partition coefficient (Wildman–Crippen LogP) is 4.01. The molecule has 2 aliphatic rings. The molecule has 0 aromatic heterocycles. The minimum Gasteiger partial charge on any atom is -0.317 e. The highest BCUT2D eigenvalue weighted by molar-refractivity contribution is 6.31. The highest BCUT2D eigenvalue weighted by Crippen LogP contribution is 2.41. The van der Waals surface area contributed by atoms with Crippen LogP contribution < -0.4 is 5.32 Å². The molecule has 2 nitrogen and oxygen atoms in total. The number of fused-ring (bicyclic) bond motifs is 2. The van der Waals surface area contributed by atoms with Gasteiger partial charge >= 0.3 is 0 Å². The summed E-state index contributed by atoms with van der Waals surface area (Å²) >= 11 is 6.41. The number of piperidine rings is 2. The fraction of sp³-hybridized carbons (Fsp3) is 0.647. The van der Waals surface area contributed by atoms with Crippen LogP contribution in [0.15, 0.2) is 24.3 Å². The van der Waals surface area contributed by atoms with Crippen LogP contribution in [0.25, 0.3) is 0 Å². The lowest BCUT2D eigenvalue weighted by atomic mass is 9.80. The molecule has 2 heterocycles. The lowest BCUT2D eigenvalue weighted by Gasteiger charge is -2.51. The summed E-state index contributed by atoms with van der Waals surface area (Å²) < 4.78 is 0. The van der Waals surface area contributed by atoms with Crippen LogP contribution in [0.2, 0.25) is 5.02 Å². The smallest absolute Gasteiger partial charge is 0.0453 e. The second kappa shape index (κ2) is 6.05. The lowest BCUT2D eigenvalue weighted by molar-refractivity contribution is -0.00512. The van der Waals surface area contributed by atoms with Gasteiger partial charge in [0, 0.05) is 29.2 Å². The highest BCUT2D eigenvalue weighted by Gasteiger charge is 2.40. The van der Waals surface area contributed by atoms with Gasteiger partial charge in [0.05, 0.1) is 0 Å². The third-order valence-corrected chi connectivity index (χ3v) is 5.59. The Hall–Kier alpha value is -0.570. The third kappa shape index (κ3) is 2.61. The number of hydrogen-bond donors (Lipinski definition) is 1. The van der Waals surface area contributed by atoms with E-state index in [4.69, 9.17) is 11.6 Å². The van der Waals surface area contributed by atoms with E-state index in [1.807, 2.05) is 12.1 Å². The molecule has 2 saturated heterocycles. The molecule has 3 atom stereocenters. The minimum atomic E-state index is 0.428. The van der Waals surface area contributed by atoms with Crippen molar-refractivity contribution in [3.05, 3.63) is 34.9 Å². The van der Waals surface area contributed by atoms with Gasteiger partial charge in [0.2, 0.25) is 0 Å². The van der Waals surface area contributed by atoms with Crippen LogP contribution in [0, 0.1) is 0 Å². The van der Waals surface area contributed by atoms with Crippen LogP contribution in [0.4, 0.5) is 0 Å². The van der Waals surface area contributed by atoms with Crippen molar-refractivity contribution in [2.24, 2.45) is 0 Å². The Bertz CT molecular complexity index is 448. The molecule has 2 aliphatic heterocycles. The molecule has 110 valence electrons. The summed E-state index contributed by atoms with van der Waals surface area (Å²) in [5.74, 6) is 0. The summed E-state index contributed by atoms with van der Waals surface area (Å²) in [5.41, 5.74) is 1.29. The predicted molar refractivity (Wildman–Crippen MR) is 85.2 cm³/mol. The Kier molecular flexibility index (Phi) is 4.34. The first kappa shape index (κ1) is 14.4. The Morgan fingerprint density at radius 2 is 1.85 bits per heavy atom. The maximum absolute atomic E-state index is 6.41. The van der Waals surface area contributed by atoms with Gasteiger partial charge in [0.1, 0.15) is 0 Å². The summed E-state index contributed by atoms with van der Waals surface area (Å²) in [7, 11) is 2.10. The van der Waals surface area contributed by atoms with E-state index >= 15 is 0 Å². The number of rotatable bonds is 3. The van der Waals surface area contributed by atoms with E-state index in [1.54, 1.807) is 0 Å². The zero-order valence-electron chi connectivity index (χ0n) is 12.5. The maximum atomic E-state index is 6.41. The van der Waals surface area contributed by atoms with Crippen molar-refractivity contribution in [1.82, 2.24) is 10.2 Å². The number of hydrogen-bond acceptors (Lipinski definition) is 2. The van der Waals surface area contributed by atoms with E-state index in [0.29, 0.717) is 24.2 Å². The van der Waals surface area contributed by atoms with Crippen LogP contribution >= 0.6 is 11.6 Å². The van der Waals surface area contributed by atoms with Crippen LogP contribution in [0.3, 0.4) is 0 Å². The SMILES string of the molecule is CNC1CC2CCCC(C1)N2C(C)c1ccccc1Cl. The van der Waals surface area contributed by atoms with Crippen molar-refractivity contribution in [1.29, 1.82) is 0 Å². The summed E-state index contributed by atoms with van der Waals surface area (Å²) in [4.78, 5) is 2.75. The van der Waals surface area contributed by atoms with Crippen molar-refractivity contribution < 1.29 is 0 Å². The van der Waals surface area contributed by atoms with Crippen molar-refractivity contribution in [3.63, 3.8) is 0 Å². The number of nitrogens with one attached hydrogen (secondary N) is 1. The molecule has 0 radical (unpaired) electrons. The van der Waals surface area contributed by atoms with E-state index < -0.39 is 0 Å². The molecular weight excluding hydrogens is 268 g/mol. The van der Waals surface area contributed by atoms with Crippen LogP contribution in [0.5, 0.6) is 0 Å². The average molecular weight is 293 g/mol. The first-order valence-corrected chi connectivity index (χ1v) is 8.27. The van der Waals surface area contributed by atoms with E-state index in [0.717, 1.165) is 5.02 Å². The fourth-order valence-corrected chi connectivity index (χ4v) is 4.55. The third-order valence-electron chi connectivity index (χ3n) is 5.24. The Balaban J connectivity index is 1.84. The van der Waals surface area contributed by atoms with Gasteiger partial charge in [-0.3, -0.25) is 4.90 Å². The largest absolute Gasteiger partial charge is 0.317 e. The summed E-state index contributed by atoms with van der Waals surface area (Å²) in [6.45, 7) is 2.33. The van der Waals surface area contributed by atoms with Gasteiger partial charge in [-0.1, -0.05) is 36.2 Å². The average Bonchev–Trinajstić information content (AvgIpc) is 2.45. The number of nitrogens with zero attached hydrogens (tertiary/aromatic N) is 1. The van der Waals surface area contributed by atoms with E-state index in [-0.39, 0.29) is 0 Å². The van der Waals surface area contributed by atoms with Gasteiger partial charge in [0.25, 0.3) is 0 Å². The van der Waals surface area contributed by atoms with E-state index in [1.165, 1.54) is 37.7 Å². The Labute approximate surface area is 127 Å². The van der Waals surface area contributed by atoms with E-state index in [2.05, 4.69) is 36.3 Å². The first-order chi connectivity index (χ1) is 9.70. The van der Waals surface area contributed by atoms with Crippen LogP contribution in [-0.2, 0) is 0 Å². The molecule has 3 rings (SSSR count). The number of halogens is 1. The highest BCUT2D eigenvalue weighted by atomic mass is 35.5. The van der Waals surface area contributed by atoms with E-state index in [9.17, 15) is 0 Å². The van der Waals surface area contributed by atoms with Crippen molar-refractivity contribution in [2.45, 2.75) is 63.2 Å². The zero-order valence-corrected chi connectivity index (χ0v) is 13.2. The quantitative estimate of drug-likeness (QED) is 0.906. The van der Waals surface area contributed by atoms with Gasteiger partial charge in [-0.15, -0.1) is 0 Å². The minimum absolute atomic E-state index is 0.428. The van der Waals surface area contributed by atoms with Crippen molar-refractivity contribution in [2.75, 3.05) is 7.05 Å². The van der Waals surface area contributed by atoms with Gasteiger partial charge in [-0.05, 0) is 51.3 Å². The molecular formula is C17H25ClN2. The first-order valence-electron chi connectivity index (χ1n) is 7.90. The molecule has 0 saturated carbocycles. The second-order valence-electron chi connectivity index (χ2n) is 6.34. The molecule has 1 aromatic carbocycles. The summed E-state index contributed by atoms with van der Waals surface area (Å²) in [6.07, 6.45) is 6.62. The second-order valence-corrected chi connectivity index (χ2v) is 6.75. The molecule has 0 spiro atoms. The Morgan fingerprint density at radius 1 is 1.20 bits per heavy atom. The van der Waals surface area contributed by atoms with Crippen molar-refractivity contribution >= 4 is 11.6 Å². The Morgan fingerprint density at radius 3 is 2.45 bits per heavy atom. The molecule has 1 aromatic rings. The molecule has 0 amide bonds. The van der Waals surface area contributed by atoms with Crippen LogP contribution in [-0.4, -0.2) is 30.1 Å². The topological polar surface area (TPSA) is 15.3 Å². The molecule has 2 bridgehead atoms. The lowest BCUT2D eigenvalue weighted by Crippen LogP contribution is -2.56. The summed E-state index contributed by atoms with van der Waals surface area (Å²) in [6, 6.07) is 10.9. The zero-order chi connectivity index (χ0) is 14.1. The van der Waals surface area contributed by atoms with Gasteiger partial charge in [0.15, 0.2) is 0 Å². The van der Waals surface area contributed by atoms with Gasteiger partial charge in [-0.25, -0.2) is 0 Å². The molecule has 1 N–H and O–H groups in total. The maximum Gasteiger partial charge on any atom is 0.0453 e. The number of benzene rings is 1. The fourth-order valence-electron chi connectivity index (χ4n) is 4.26. The van der Waals surface area contributed by atoms with Crippen LogP contribution in [0.1, 0.15) is 50.6 Å². The summed E-state index contributed by atoms with van der Waals surface area (Å²) in [5, 5.41) is 4.40. The molecule has 3 unspecified atom stereocenters. The standard InChI is InChI=1S/C17H25ClN2/c1-12(16-8-3-4-9-17(16)18)20-14-6-5-7-15(20)11-13(10-14)19-2/h3-4,8-9,12-15,19H,5-7,10-11H2,1-2H3. The molecule has 2 fully saturated rings.